The van der Waals surface area contributed by atoms with Gasteiger partial charge >= 0.3 is 0 Å². The number of amides is 1. The zero-order valence-electron chi connectivity index (χ0n) is 19.5. The van der Waals surface area contributed by atoms with Crippen molar-refractivity contribution in [3.8, 4) is 0 Å². The van der Waals surface area contributed by atoms with E-state index in [9.17, 15) is 13.2 Å². The average molecular weight is 485 g/mol. The molecule has 0 bridgehead atoms. The number of rotatable bonds is 7. The smallest absolute Gasteiger partial charge is 0.264 e. The van der Waals surface area contributed by atoms with Crippen LogP contribution in [0, 0.1) is 27.7 Å². The Hall–Kier alpha value is -2.83. The van der Waals surface area contributed by atoms with E-state index in [2.05, 4.69) is 24.4 Å². The molecular formula is C26H29ClN2O3S. The predicted octanol–water partition coefficient (Wildman–Crippen LogP) is 5.65. The van der Waals surface area contributed by atoms with Crippen LogP contribution in [0.25, 0.3) is 0 Å². The summed E-state index contributed by atoms with van der Waals surface area (Å²) in [5.41, 5.74) is 5.47. The number of carbonyl (C=O) groups excluding carboxylic acids is 1. The van der Waals surface area contributed by atoms with E-state index < -0.39 is 15.9 Å². The van der Waals surface area contributed by atoms with Crippen molar-refractivity contribution in [3.05, 3.63) is 93.5 Å². The molecule has 0 aliphatic carbocycles. The third kappa shape index (κ3) is 5.57. The summed E-state index contributed by atoms with van der Waals surface area (Å²) < 4.78 is 28.2. The van der Waals surface area contributed by atoms with E-state index in [1.807, 2.05) is 20.8 Å². The number of halogens is 1. The molecule has 3 aromatic rings. The van der Waals surface area contributed by atoms with Gasteiger partial charge in [-0.3, -0.25) is 9.10 Å². The van der Waals surface area contributed by atoms with Crippen LogP contribution in [0.15, 0.2) is 65.6 Å². The molecule has 1 atom stereocenters. The molecule has 0 saturated carbocycles. The minimum Gasteiger partial charge on any atom is -0.348 e. The van der Waals surface area contributed by atoms with Crippen molar-refractivity contribution in [2.24, 2.45) is 0 Å². The third-order valence-corrected chi connectivity index (χ3v) is 7.79. The van der Waals surface area contributed by atoms with Gasteiger partial charge in [-0.2, -0.15) is 0 Å². The number of aryl methyl sites for hydroxylation is 4. The second kappa shape index (κ2) is 9.98. The van der Waals surface area contributed by atoms with Crippen molar-refractivity contribution in [1.82, 2.24) is 5.32 Å². The van der Waals surface area contributed by atoms with Gasteiger partial charge in [-0.25, -0.2) is 8.42 Å². The number of nitrogens with zero attached hydrogens (tertiary/aromatic N) is 1. The van der Waals surface area contributed by atoms with Gasteiger partial charge in [0.05, 0.1) is 16.6 Å². The van der Waals surface area contributed by atoms with Crippen LogP contribution in [-0.4, -0.2) is 20.9 Å². The number of carbonyl (C=O) groups is 1. The highest BCUT2D eigenvalue weighted by Crippen LogP contribution is 2.29. The molecule has 0 radical (unpaired) electrons. The second-order valence-corrected chi connectivity index (χ2v) is 10.6. The molecule has 0 aliphatic heterocycles. The summed E-state index contributed by atoms with van der Waals surface area (Å²) >= 11 is 6.18. The Morgan fingerprint density at radius 2 is 1.55 bits per heavy atom. The Morgan fingerprint density at radius 1 is 0.909 bits per heavy atom. The van der Waals surface area contributed by atoms with Crippen molar-refractivity contribution in [2.75, 3.05) is 10.8 Å². The lowest BCUT2D eigenvalue weighted by molar-refractivity contribution is -0.120. The van der Waals surface area contributed by atoms with Crippen LogP contribution in [0.3, 0.4) is 0 Å². The van der Waals surface area contributed by atoms with Crippen molar-refractivity contribution < 1.29 is 13.2 Å². The molecule has 0 saturated heterocycles. The molecule has 0 spiro atoms. The summed E-state index contributed by atoms with van der Waals surface area (Å²) in [7, 11) is -4.00. The molecule has 3 rings (SSSR count). The summed E-state index contributed by atoms with van der Waals surface area (Å²) in [6.07, 6.45) is 0. The van der Waals surface area contributed by atoms with Crippen molar-refractivity contribution >= 4 is 33.2 Å². The van der Waals surface area contributed by atoms with Crippen LogP contribution in [-0.2, 0) is 14.8 Å². The molecule has 7 heteroatoms. The first-order valence-corrected chi connectivity index (χ1v) is 12.5. The molecule has 0 unspecified atom stereocenters. The fraction of sp³-hybridized carbons (Fsp3) is 0.269. The Morgan fingerprint density at radius 3 is 2.21 bits per heavy atom. The fourth-order valence-electron chi connectivity index (χ4n) is 3.82. The molecule has 5 nitrogen and oxygen atoms in total. The van der Waals surface area contributed by atoms with Crippen molar-refractivity contribution in [2.45, 2.75) is 45.6 Å². The summed E-state index contributed by atoms with van der Waals surface area (Å²) in [6, 6.07) is 17.0. The maximum atomic E-state index is 13.5. The summed E-state index contributed by atoms with van der Waals surface area (Å²) in [5, 5.41) is 3.36. The quantitative estimate of drug-likeness (QED) is 0.471. The van der Waals surface area contributed by atoms with Gasteiger partial charge in [-0.1, -0.05) is 48.0 Å². The molecule has 174 valence electrons. The first-order valence-electron chi connectivity index (χ1n) is 10.7. The first-order chi connectivity index (χ1) is 15.5. The fourth-order valence-corrected chi connectivity index (χ4v) is 5.48. The van der Waals surface area contributed by atoms with E-state index in [0.717, 1.165) is 21.0 Å². The molecule has 0 heterocycles. The van der Waals surface area contributed by atoms with Gasteiger partial charge in [0.2, 0.25) is 5.91 Å². The predicted molar refractivity (Wildman–Crippen MR) is 134 cm³/mol. The number of anilines is 1. The monoisotopic (exact) mass is 484 g/mol. The molecular weight excluding hydrogens is 456 g/mol. The van der Waals surface area contributed by atoms with Crippen molar-refractivity contribution in [3.63, 3.8) is 0 Å². The van der Waals surface area contributed by atoms with E-state index in [1.165, 1.54) is 17.7 Å². The van der Waals surface area contributed by atoms with Gasteiger partial charge < -0.3 is 5.32 Å². The van der Waals surface area contributed by atoms with E-state index in [4.69, 9.17) is 11.6 Å². The first kappa shape index (κ1) is 24.8. The normalized spacial score (nSPS) is 12.3. The van der Waals surface area contributed by atoms with E-state index in [1.54, 1.807) is 43.3 Å². The molecule has 0 aliphatic rings. The highest BCUT2D eigenvalue weighted by molar-refractivity contribution is 7.92. The van der Waals surface area contributed by atoms with Crippen LogP contribution < -0.4 is 9.62 Å². The van der Waals surface area contributed by atoms with Gasteiger partial charge in [0.15, 0.2) is 0 Å². The summed E-state index contributed by atoms with van der Waals surface area (Å²) in [5.74, 6) is -0.404. The van der Waals surface area contributed by atoms with E-state index in [-0.39, 0.29) is 17.5 Å². The number of hydrogen-bond acceptors (Lipinski definition) is 3. The SMILES string of the molecule is Cc1cc(C)c([C@@H](C)NC(=O)CN(c2cc(Cl)ccc2C)S(=O)(=O)c2ccccc2)cc1C. The lowest BCUT2D eigenvalue weighted by Gasteiger charge is -2.27. The van der Waals surface area contributed by atoms with Gasteiger partial charge in [0, 0.05) is 5.02 Å². The standard InChI is InChI=1S/C26H29ClN2O3S/c1-17-11-12-22(27)15-25(17)29(33(31,32)23-9-7-6-8-10-23)16-26(30)28-21(5)24-14-19(3)18(2)13-20(24)4/h6-15,21H,16H2,1-5H3,(H,28,30)/t21-/m1/s1. The molecule has 0 fully saturated rings. The number of nitrogens with one attached hydrogen (secondary N) is 1. The minimum atomic E-state index is -4.00. The maximum Gasteiger partial charge on any atom is 0.264 e. The second-order valence-electron chi connectivity index (χ2n) is 8.34. The average Bonchev–Trinajstić information content (AvgIpc) is 2.76. The summed E-state index contributed by atoms with van der Waals surface area (Å²) in [6.45, 7) is 9.41. The molecule has 1 N–H and O–H groups in total. The molecule has 0 aromatic heterocycles. The van der Waals surface area contributed by atoms with Gasteiger partial charge in [0.25, 0.3) is 10.0 Å². The maximum absolute atomic E-state index is 13.5. The van der Waals surface area contributed by atoms with E-state index in [0.29, 0.717) is 16.3 Å². The minimum absolute atomic E-state index is 0.107. The number of sulfonamides is 1. The zero-order chi connectivity index (χ0) is 24.3. The largest absolute Gasteiger partial charge is 0.348 e. The zero-order valence-corrected chi connectivity index (χ0v) is 21.1. The lowest BCUT2D eigenvalue weighted by atomic mass is 9.96. The molecule has 33 heavy (non-hydrogen) atoms. The lowest BCUT2D eigenvalue weighted by Crippen LogP contribution is -2.42. The van der Waals surface area contributed by atoms with Crippen LogP contribution in [0.1, 0.15) is 40.8 Å². The Balaban J connectivity index is 1.94. The Labute approximate surface area is 201 Å². The number of benzene rings is 3. The molecule has 1 amide bonds. The van der Waals surface area contributed by atoms with Crippen molar-refractivity contribution in [1.29, 1.82) is 0 Å². The number of hydrogen-bond donors (Lipinski definition) is 1. The van der Waals surface area contributed by atoms with Gasteiger partial charge in [-0.05, 0) is 86.7 Å². The summed E-state index contributed by atoms with van der Waals surface area (Å²) in [4.78, 5) is 13.2. The Bertz CT molecular complexity index is 1270. The third-order valence-electron chi connectivity index (χ3n) is 5.78. The molecule has 3 aromatic carbocycles. The van der Waals surface area contributed by atoms with Gasteiger partial charge in [-0.15, -0.1) is 0 Å². The van der Waals surface area contributed by atoms with Crippen LogP contribution in [0.2, 0.25) is 5.02 Å². The van der Waals surface area contributed by atoms with Gasteiger partial charge in [0.1, 0.15) is 6.54 Å². The van der Waals surface area contributed by atoms with E-state index >= 15 is 0 Å². The highest BCUT2D eigenvalue weighted by atomic mass is 35.5. The Kier molecular flexibility index (Phi) is 7.50. The van der Waals surface area contributed by atoms with Crippen LogP contribution in [0.4, 0.5) is 5.69 Å². The van der Waals surface area contributed by atoms with Crippen LogP contribution >= 0.6 is 11.6 Å². The van der Waals surface area contributed by atoms with Crippen LogP contribution in [0.5, 0.6) is 0 Å². The highest BCUT2D eigenvalue weighted by Gasteiger charge is 2.29. The topological polar surface area (TPSA) is 66.5 Å².